The number of hydrogen-bond acceptors (Lipinski definition) is 5. The molecule has 0 atom stereocenters. The molecule has 20 heavy (non-hydrogen) atoms. The summed E-state index contributed by atoms with van der Waals surface area (Å²) in [6.07, 6.45) is 2.07. The first-order valence-corrected chi connectivity index (χ1v) is 8.19. The van der Waals surface area contributed by atoms with E-state index in [-0.39, 0.29) is 0 Å². The second-order valence-electron chi connectivity index (χ2n) is 4.15. The Bertz CT molecular complexity index is 740. The fourth-order valence-corrected chi connectivity index (χ4v) is 3.54. The average molecular weight is 302 g/mol. The molecule has 102 valence electrons. The lowest BCUT2D eigenvalue weighted by molar-refractivity contribution is 0.417. The van der Waals surface area contributed by atoms with Crippen LogP contribution in [0.2, 0.25) is 0 Å². The molecule has 0 spiro atoms. The predicted molar refractivity (Wildman–Crippen MR) is 87.7 cm³/mol. The van der Waals surface area contributed by atoms with E-state index in [1.807, 2.05) is 24.3 Å². The molecule has 2 aromatic carbocycles. The van der Waals surface area contributed by atoms with E-state index in [2.05, 4.69) is 34.8 Å². The van der Waals surface area contributed by atoms with Gasteiger partial charge in [0.25, 0.3) is 0 Å². The Morgan fingerprint density at radius 1 is 1.15 bits per heavy atom. The smallest absolute Gasteiger partial charge is 0.188 e. The van der Waals surface area contributed by atoms with Gasteiger partial charge in [-0.1, -0.05) is 29.5 Å². The zero-order chi connectivity index (χ0) is 13.9. The number of para-hydroxylation sites is 3. The molecule has 3 nitrogen and oxygen atoms in total. The van der Waals surface area contributed by atoms with Gasteiger partial charge in [0.15, 0.2) is 5.13 Å². The Morgan fingerprint density at radius 3 is 2.80 bits per heavy atom. The summed E-state index contributed by atoms with van der Waals surface area (Å²) in [5.74, 6) is 0.817. The van der Waals surface area contributed by atoms with E-state index in [0.29, 0.717) is 0 Å². The van der Waals surface area contributed by atoms with Crippen molar-refractivity contribution >= 4 is 44.1 Å². The fraction of sp³-hybridized carbons (Fsp3) is 0.133. The van der Waals surface area contributed by atoms with Crippen molar-refractivity contribution in [3.05, 3.63) is 42.5 Å². The number of thiazole rings is 1. The minimum atomic E-state index is 0.817. The fourth-order valence-electron chi connectivity index (χ4n) is 2.00. The second-order valence-corrected chi connectivity index (χ2v) is 6.03. The molecular formula is C15H14N2OS2. The third kappa shape index (κ3) is 2.46. The van der Waals surface area contributed by atoms with Crippen molar-refractivity contribution in [2.24, 2.45) is 0 Å². The Balaban J connectivity index is 1.99. The van der Waals surface area contributed by atoms with Crippen molar-refractivity contribution in [1.82, 2.24) is 4.98 Å². The standard InChI is InChI=1S/C15H14N2OS2/c1-18-11-7-4-3-6-10(11)16-15-17-14-12(19-2)8-5-9-13(14)20-15/h3-9H,1-2H3,(H,16,17). The van der Waals surface area contributed by atoms with Gasteiger partial charge in [-0.2, -0.15) is 0 Å². The molecule has 3 aromatic rings. The maximum Gasteiger partial charge on any atom is 0.188 e. The Morgan fingerprint density at radius 2 is 2.00 bits per heavy atom. The molecule has 0 aliphatic rings. The van der Waals surface area contributed by atoms with E-state index in [9.17, 15) is 0 Å². The van der Waals surface area contributed by atoms with Gasteiger partial charge in [-0.05, 0) is 30.5 Å². The number of rotatable bonds is 4. The van der Waals surface area contributed by atoms with Crippen LogP contribution in [0.1, 0.15) is 0 Å². The summed E-state index contributed by atoms with van der Waals surface area (Å²) in [4.78, 5) is 5.89. The van der Waals surface area contributed by atoms with E-state index in [4.69, 9.17) is 4.74 Å². The van der Waals surface area contributed by atoms with Gasteiger partial charge in [-0.25, -0.2) is 4.98 Å². The van der Waals surface area contributed by atoms with Crippen LogP contribution >= 0.6 is 23.1 Å². The summed E-state index contributed by atoms with van der Waals surface area (Å²) in [6, 6.07) is 14.1. The van der Waals surface area contributed by atoms with Gasteiger partial charge >= 0.3 is 0 Å². The SMILES string of the molecule is COc1ccccc1Nc1nc2c(SC)cccc2s1. The first-order valence-electron chi connectivity index (χ1n) is 6.15. The van der Waals surface area contributed by atoms with Gasteiger partial charge in [0.1, 0.15) is 5.75 Å². The van der Waals surface area contributed by atoms with Crippen molar-refractivity contribution in [3.63, 3.8) is 0 Å². The molecule has 1 aromatic heterocycles. The lowest BCUT2D eigenvalue weighted by Crippen LogP contribution is -1.93. The van der Waals surface area contributed by atoms with Crippen molar-refractivity contribution in [2.75, 3.05) is 18.7 Å². The van der Waals surface area contributed by atoms with Crippen molar-refractivity contribution < 1.29 is 4.74 Å². The van der Waals surface area contributed by atoms with E-state index in [1.165, 1.54) is 9.60 Å². The monoisotopic (exact) mass is 302 g/mol. The van der Waals surface area contributed by atoms with Gasteiger partial charge in [0.2, 0.25) is 0 Å². The van der Waals surface area contributed by atoms with Crippen LogP contribution in [0.25, 0.3) is 10.2 Å². The number of hydrogen-bond donors (Lipinski definition) is 1. The normalized spacial score (nSPS) is 10.7. The third-order valence-electron chi connectivity index (χ3n) is 2.95. The summed E-state index contributed by atoms with van der Waals surface area (Å²) in [5, 5.41) is 4.22. The molecule has 3 rings (SSSR count). The number of anilines is 2. The van der Waals surface area contributed by atoms with Crippen LogP contribution in [0.3, 0.4) is 0 Å². The van der Waals surface area contributed by atoms with E-state index < -0.39 is 0 Å². The van der Waals surface area contributed by atoms with Crippen LogP contribution in [0.5, 0.6) is 5.75 Å². The third-order valence-corrected chi connectivity index (χ3v) is 4.66. The number of nitrogens with one attached hydrogen (secondary N) is 1. The van der Waals surface area contributed by atoms with Crippen molar-refractivity contribution in [1.29, 1.82) is 0 Å². The molecule has 5 heteroatoms. The number of thioether (sulfide) groups is 1. The maximum atomic E-state index is 5.35. The number of aromatic nitrogens is 1. The first kappa shape index (κ1) is 13.3. The Kier molecular flexibility index (Phi) is 3.80. The summed E-state index contributed by atoms with van der Waals surface area (Å²) < 4.78 is 6.54. The first-order chi connectivity index (χ1) is 9.81. The van der Waals surface area contributed by atoms with E-state index in [1.54, 1.807) is 30.2 Å². The summed E-state index contributed by atoms with van der Waals surface area (Å²) in [5.41, 5.74) is 1.99. The molecule has 0 amide bonds. The highest BCUT2D eigenvalue weighted by atomic mass is 32.2. The summed E-state index contributed by atoms with van der Waals surface area (Å²) >= 11 is 3.37. The molecule has 0 aliphatic heterocycles. The lowest BCUT2D eigenvalue weighted by atomic mass is 10.3. The van der Waals surface area contributed by atoms with Crippen LogP contribution in [0.15, 0.2) is 47.4 Å². The maximum absolute atomic E-state index is 5.35. The zero-order valence-corrected chi connectivity index (χ0v) is 12.8. The highest BCUT2D eigenvalue weighted by Crippen LogP contribution is 2.35. The van der Waals surface area contributed by atoms with Gasteiger partial charge < -0.3 is 10.1 Å². The van der Waals surface area contributed by atoms with Gasteiger partial charge in [-0.15, -0.1) is 11.8 Å². The number of methoxy groups -OCH3 is 1. The number of nitrogens with zero attached hydrogens (tertiary/aromatic N) is 1. The van der Waals surface area contributed by atoms with Crippen LogP contribution in [-0.4, -0.2) is 18.3 Å². The zero-order valence-electron chi connectivity index (χ0n) is 11.2. The molecule has 1 N–H and O–H groups in total. The molecule has 0 unspecified atom stereocenters. The van der Waals surface area contributed by atoms with Crippen LogP contribution in [-0.2, 0) is 0 Å². The highest BCUT2D eigenvalue weighted by molar-refractivity contribution is 7.98. The Hall–Kier alpha value is -1.72. The second kappa shape index (κ2) is 5.73. The molecule has 0 saturated heterocycles. The van der Waals surface area contributed by atoms with E-state index >= 15 is 0 Å². The average Bonchev–Trinajstić information content (AvgIpc) is 2.90. The minimum absolute atomic E-state index is 0.817. The largest absolute Gasteiger partial charge is 0.495 e. The van der Waals surface area contributed by atoms with Crippen LogP contribution < -0.4 is 10.1 Å². The quantitative estimate of drug-likeness (QED) is 0.704. The summed E-state index contributed by atoms with van der Waals surface area (Å²) in [7, 11) is 1.67. The summed E-state index contributed by atoms with van der Waals surface area (Å²) in [6.45, 7) is 0. The molecule has 1 heterocycles. The molecule has 0 bridgehead atoms. The lowest BCUT2D eigenvalue weighted by Gasteiger charge is -2.07. The van der Waals surface area contributed by atoms with Gasteiger partial charge in [0.05, 0.1) is 23.0 Å². The van der Waals surface area contributed by atoms with Crippen LogP contribution in [0, 0.1) is 0 Å². The highest BCUT2D eigenvalue weighted by Gasteiger charge is 2.09. The molecule has 0 fully saturated rings. The van der Waals surface area contributed by atoms with Gasteiger partial charge in [0, 0.05) is 4.90 Å². The molecule has 0 saturated carbocycles. The predicted octanol–water partition coefficient (Wildman–Crippen LogP) is 4.77. The number of ether oxygens (including phenoxy) is 1. The van der Waals surface area contributed by atoms with Crippen molar-refractivity contribution in [2.45, 2.75) is 4.90 Å². The molecule has 0 aliphatic carbocycles. The molecule has 0 radical (unpaired) electrons. The minimum Gasteiger partial charge on any atom is -0.495 e. The van der Waals surface area contributed by atoms with E-state index in [0.717, 1.165) is 22.1 Å². The topological polar surface area (TPSA) is 34.1 Å². The Labute approximate surface area is 126 Å². The van der Waals surface area contributed by atoms with Gasteiger partial charge in [-0.3, -0.25) is 0 Å². The van der Waals surface area contributed by atoms with Crippen LogP contribution in [0.4, 0.5) is 10.8 Å². The molecular weight excluding hydrogens is 288 g/mol. The number of fused-ring (bicyclic) bond motifs is 1. The van der Waals surface area contributed by atoms with Crippen molar-refractivity contribution in [3.8, 4) is 5.75 Å². The number of benzene rings is 2.